The summed E-state index contributed by atoms with van der Waals surface area (Å²) in [5, 5.41) is 8.64. The molecule has 0 aliphatic rings. The summed E-state index contributed by atoms with van der Waals surface area (Å²) in [4.78, 5) is 13.8. The molecule has 0 atom stereocenters. The third-order valence-corrected chi connectivity index (χ3v) is 3.66. The maximum atomic E-state index is 12.2. The van der Waals surface area contributed by atoms with Gasteiger partial charge in [0.1, 0.15) is 5.75 Å². The van der Waals surface area contributed by atoms with Gasteiger partial charge in [-0.1, -0.05) is 36.4 Å². The van der Waals surface area contributed by atoms with Crippen molar-refractivity contribution in [3.05, 3.63) is 65.2 Å². The molecule has 0 aromatic heterocycles. The fourth-order valence-electron chi connectivity index (χ4n) is 2.18. The van der Waals surface area contributed by atoms with Crippen LogP contribution in [-0.2, 0) is 17.8 Å². The van der Waals surface area contributed by atoms with Crippen LogP contribution in [0.2, 0.25) is 0 Å². The number of benzene rings is 2. The number of likely N-dealkylation sites (N-methyl/N-ethyl adjacent to an activating group) is 1. The molecule has 0 radical (unpaired) electrons. The molecule has 0 saturated carbocycles. The highest BCUT2D eigenvalue weighted by Crippen LogP contribution is 2.13. The van der Waals surface area contributed by atoms with Crippen LogP contribution in [-0.4, -0.2) is 24.5 Å². The molecule has 0 fully saturated rings. The first kappa shape index (κ1) is 16.6. The van der Waals surface area contributed by atoms with E-state index in [1.54, 1.807) is 24.1 Å². The molecule has 0 unspecified atom stereocenters. The molecule has 0 spiro atoms. The molecule has 0 N–H and O–H groups in total. The minimum absolute atomic E-state index is 0.0000220. The van der Waals surface area contributed by atoms with Crippen LogP contribution in [0, 0.1) is 18.3 Å². The van der Waals surface area contributed by atoms with Gasteiger partial charge < -0.3 is 9.64 Å². The summed E-state index contributed by atoms with van der Waals surface area (Å²) >= 11 is 0. The zero-order valence-corrected chi connectivity index (χ0v) is 13.5. The van der Waals surface area contributed by atoms with Gasteiger partial charge in [0.2, 0.25) is 0 Å². The number of aryl methyl sites for hydroxylation is 1. The average molecular weight is 308 g/mol. The Morgan fingerprint density at radius 3 is 2.52 bits per heavy atom. The molecular weight excluding hydrogens is 288 g/mol. The first-order valence-corrected chi connectivity index (χ1v) is 7.47. The monoisotopic (exact) mass is 308 g/mol. The molecule has 0 bridgehead atoms. The molecule has 0 aliphatic heterocycles. The van der Waals surface area contributed by atoms with Crippen molar-refractivity contribution in [2.24, 2.45) is 0 Å². The molecule has 23 heavy (non-hydrogen) atoms. The number of hydrogen-bond acceptors (Lipinski definition) is 3. The number of nitriles is 1. The lowest BCUT2D eigenvalue weighted by Gasteiger charge is -2.18. The lowest BCUT2D eigenvalue weighted by Crippen LogP contribution is -2.31. The second kappa shape index (κ2) is 8.00. The molecule has 2 aromatic carbocycles. The van der Waals surface area contributed by atoms with Crippen LogP contribution >= 0.6 is 0 Å². The standard InChI is InChI=1S/C19H20N2O2/c1-15-5-3-4-6-17(15)13-21(2)19(22)14-23-18-9-7-16(8-10-18)11-12-20/h3-10H,11,13-14H2,1-2H3. The Balaban J connectivity index is 1.86. The van der Waals surface area contributed by atoms with Crippen molar-refractivity contribution in [2.45, 2.75) is 19.9 Å². The molecule has 0 aliphatic carbocycles. The van der Waals surface area contributed by atoms with Gasteiger partial charge in [0.25, 0.3) is 5.91 Å². The summed E-state index contributed by atoms with van der Waals surface area (Å²) in [6.07, 6.45) is 0.373. The van der Waals surface area contributed by atoms with E-state index in [1.165, 1.54) is 5.56 Å². The number of ether oxygens (including phenoxy) is 1. The number of nitrogens with zero attached hydrogens (tertiary/aromatic N) is 2. The molecule has 4 heteroatoms. The minimum atomic E-state index is -0.0747. The maximum Gasteiger partial charge on any atom is 0.260 e. The van der Waals surface area contributed by atoms with E-state index >= 15 is 0 Å². The number of carbonyl (C=O) groups is 1. The predicted molar refractivity (Wildman–Crippen MR) is 88.9 cm³/mol. The van der Waals surface area contributed by atoms with Crippen molar-refractivity contribution in [2.75, 3.05) is 13.7 Å². The Morgan fingerprint density at radius 1 is 1.17 bits per heavy atom. The Hall–Kier alpha value is -2.80. The number of rotatable bonds is 6. The molecule has 0 saturated heterocycles. The van der Waals surface area contributed by atoms with E-state index in [2.05, 4.69) is 6.07 Å². The van der Waals surface area contributed by atoms with E-state index in [9.17, 15) is 4.79 Å². The minimum Gasteiger partial charge on any atom is -0.484 e. The molecular formula is C19H20N2O2. The van der Waals surface area contributed by atoms with Gasteiger partial charge in [0.15, 0.2) is 6.61 Å². The van der Waals surface area contributed by atoms with Crippen LogP contribution in [0.25, 0.3) is 0 Å². The summed E-state index contributed by atoms with van der Waals surface area (Å²) in [7, 11) is 1.77. The van der Waals surface area contributed by atoms with Crippen LogP contribution in [0.4, 0.5) is 0 Å². The number of amides is 1. The van der Waals surface area contributed by atoms with Gasteiger partial charge in [-0.3, -0.25) is 4.79 Å². The third kappa shape index (κ3) is 4.86. The summed E-state index contributed by atoms with van der Waals surface area (Å²) in [5.41, 5.74) is 3.23. The third-order valence-electron chi connectivity index (χ3n) is 3.66. The Kier molecular flexibility index (Phi) is 5.76. The largest absolute Gasteiger partial charge is 0.484 e. The van der Waals surface area contributed by atoms with Crippen molar-refractivity contribution >= 4 is 5.91 Å². The Morgan fingerprint density at radius 2 is 1.87 bits per heavy atom. The van der Waals surface area contributed by atoms with E-state index in [0.29, 0.717) is 18.7 Å². The van der Waals surface area contributed by atoms with Gasteiger partial charge in [-0.2, -0.15) is 5.26 Å². The summed E-state index contributed by atoms with van der Waals surface area (Å²) in [5.74, 6) is 0.554. The molecule has 2 aromatic rings. The lowest BCUT2D eigenvalue weighted by atomic mass is 10.1. The van der Waals surface area contributed by atoms with E-state index < -0.39 is 0 Å². The summed E-state index contributed by atoms with van der Waals surface area (Å²) in [6, 6.07) is 17.3. The van der Waals surface area contributed by atoms with Crippen molar-refractivity contribution in [1.29, 1.82) is 5.26 Å². The van der Waals surface area contributed by atoms with E-state index in [4.69, 9.17) is 10.00 Å². The smallest absolute Gasteiger partial charge is 0.260 e. The molecule has 0 heterocycles. The van der Waals surface area contributed by atoms with Gasteiger partial charge in [-0.05, 0) is 35.7 Å². The number of carbonyl (C=O) groups excluding carboxylic acids is 1. The normalized spacial score (nSPS) is 9.96. The topological polar surface area (TPSA) is 53.3 Å². The highest BCUT2D eigenvalue weighted by atomic mass is 16.5. The molecule has 118 valence electrons. The van der Waals surface area contributed by atoms with E-state index in [1.807, 2.05) is 43.3 Å². The van der Waals surface area contributed by atoms with E-state index in [-0.39, 0.29) is 12.5 Å². The van der Waals surface area contributed by atoms with Gasteiger partial charge in [0, 0.05) is 13.6 Å². The van der Waals surface area contributed by atoms with Gasteiger partial charge >= 0.3 is 0 Å². The van der Waals surface area contributed by atoms with Crippen LogP contribution in [0.15, 0.2) is 48.5 Å². The lowest BCUT2D eigenvalue weighted by molar-refractivity contribution is -0.132. The second-order valence-electron chi connectivity index (χ2n) is 5.44. The quantitative estimate of drug-likeness (QED) is 0.824. The number of hydrogen-bond donors (Lipinski definition) is 0. The molecule has 2 rings (SSSR count). The second-order valence-corrected chi connectivity index (χ2v) is 5.44. The van der Waals surface area contributed by atoms with Crippen LogP contribution < -0.4 is 4.74 Å². The zero-order valence-electron chi connectivity index (χ0n) is 13.5. The fourth-order valence-corrected chi connectivity index (χ4v) is 2.18. The highest BCUT2D eigenvalue weighted by Gasteiger charge is 2.11. The predicted octanol–water partition coefficient (Wildman–Crippen LogP) is 3.10. The molecule has 4 nitrogen and oxygen atoms in total. The Labute approximate surface area is 136 Å². The van der Waals surface area contributed by atoms with Gasteiger partial charge in [0.05, 0.1) is 12.5 Å². The summed E-state index contributed by atoms with van der Waals surface area (Å²) < 4.78 is 5.52. The van der Waals surface area contributed by atoms with Crippen molar-refractivity contribution in [3.63, 3.8) is 0 Å². The molecule has 1 amide bonds. The van der Waals surface area contributed by atoms with Gasteiger partial charge in [-0.25, -0.2) is 0 Å². The Bertz CT molecular complexity index is 702. The van der Waals surface area contributed by atoms with E-state index in [0.717, 1.165) is 11.1 Å². The van der Waals surface area contributed by atoms with Crippen molar-refractivity contribution in [1.82, 2.24) is 4.90 Å². The van der Waals surface area contributed by atoms with Crippen molar-refractivity contribution in [3.8, 4) is 11.8 Å². The van der Waals surface area contributed by atoms with Crippen LogP contribution in [0.5, 0.6) is 5.75 Å². The SMILES string of the molecule is Cc1ccccc1CN(C)C(=O)COc1ccc(CC#N)cc1. The fraction of sp³-hybridized carbons (Fsp3) is 0.263. The van der Waals surface area contributed by atoms with Crippen LogP contribution in [0.1, 0.15) is 16.7 Å². The van der Waals surface area contributed by atoms with Crippen molar-refractivity contribution < 1.29 is 9.53 Å². The average Bonchev–Trinajstić information content (AvgIpc) is 2.56. The van der Waals surface area contributed by atoms with Gasteiger partial charge in [-0.15, -0.1) is 0 Å². The van der Waals surface area contributed by atoms with Crippen LogP contribution in [0.3, 0.4) is 0 Å². The summed E-state index contributed by atoms with van der Waals surface area (Å²) in [6.45, 7) is 2.60. The maximum absolute atomic E-state index is 12.2. The zero-order chi connectivity index (χ0) is 16.7. The first-order chi connectivity index (χ1) is 11.1. The first-order valence-electron chi connectivity index (χ1n) is 7.47. The highest BCUT2D eigenvalue weighted by molar-refractivity contribution is 5.77.